The van der Waals surface area contributed by atoms with Crippen molar-refractivity contribution in [3.63, 3.8) is 0 Å². The van der Waals surface area contributed by atoms with E-state index in [4.69, 9.17) is 16.4 Å². The first-order valence-corrected chi connectivity index (χ1v) is 13.7. The van der Waals surface area contributed by atoms with E-state index >= 15 is 0 Å². The fourth-order valence-corrected chi connectivity index (χ4v) is 5.86. The van der Waals surface area contributed by atoms with Gasteiger partial charge in [0.15, 0.2) is 0 Å². The summed E-state index contributed by atoms with van der Waals surface area (Å²) in [4.78, 5) is 8.56. The van der Waals surface area contributed by atoms with Gasteiger partial charge in [-0.1, -0.05) is 97.7 Å². The zero-order valence-corrected chi connectivity index (χ0v) is 26.3. The molecule has 2 aliphatic carbocycles. The molecule has 0 saturated carbocycles. The molecule has 0 atom stereocenters. The SMILES string of the molecule is [2H]C([2H])([2H])C1=CC=C(c2cc(C)c(C(C)C)cn2)[CH-]C1.[2H]C1=c2c(sc3c([2H])c([2H])c([2H])c(C([2H])(C)C)c23)=C(c2nc([2H])c([2H])c([2H])c2[2H])[CH-]C1.[Ir]. The standard InChI is InChI=1S/C20H18NS.C16H20N.Ir/c1-13(2)14-7-6-11-18-19(14)16-9-5-8-15(20(16)22-18)17-10-3-4-12-21-17;1-11(2)15-10-17-16(9-13(15)4)14-7-5-12(3)6-8-14;/h3-4,6-13H,5H2,1-2H3;5,7-11H,6H2,1-4H3;/q2*-1;/i3D,4D,6D,7D,9D,10D,11D,12D,13D;3D3;. The van der Waals surface area contributed by atoms with Crippen LogP contribution in [0.25, 0.3) is 27.3 Å². The van der Waals surface area contributed by atoms with Gasteiger partial charge in [0, 0.05) is 42.7 Å². The molecular weight excluding hydrogens is 685 g/mol. The molecule has 209 valence electrons. The topological polar surface area (TPSA) is 25.8 Å². The Labute approximate surface area is 273 Å². The van der Waals surface area contributed by atoms with Crippen LogP contribution in [0.5, 0.6) is 0 Å². The molecule has 4 aromatic rings. The molecule has 1 aromatic carbocycles. The van der Waals surface area contributed by atoms with Crippen LogP contribution in [0.2, 0.25) is 0 Å². The van der Waals surface area contributed by atoms with Crippen LogP contribution in [-0.2, 0) is 20.1 Å². The Morgan fingerprint density at radius 2 is 1.85 bits per heavy atom. The van der Waals surface area contributed by atoms with Crippen molar-refractivity contribution in [2.45, 2.75) is 66.1 Å². The van der Waals surface area contributed by atoms with Crippen molar-refractivity contribution in [2.75, 3.05) is 0 Å². The molecule has 0 unspecified atom stereocenters. The molecule has 0 spiro atoms. The number of aromatic nitrogens is 2. The maximum absolute atomic E-state index is 8.56. The van der Waals surface area contributed by atoms with Crippen molar-refractivity contribution in [3.05, 3.63) is 123 Å². The van der Waals surface area contributed by atoms with Crippen molar-refractivity contribution < 1.29 is 36.6 Å². The average molecular weight is 735 g/mol. The van der Waals surface area contributed by atoms with Gasteiger partial charge in [0.25, 0.3) is 0 Å². The van der Waals surface area contributed by atoms with E-state index in [1.807, 2.05) is 18.7 Å². The molecule has 1 radical (unpaired) electrons. The summed E-state index contributed by atoms with van der Waals surface area (Å²) in [5.41, 5.74) is 5.64. The fraction of sp³-hybridized carbons (Fsp3) is 0.278. The molecule has 4 heteroatoms. The number of allylic oxidation sites excluding steroid dienone is 4. The van der Waals surface area contributed by atoms with E-state index in [-0.39, 0.29) is 68.0 Å². The van der Waals surface area contributed by atoms with Gasteiger partial charge in [-0.2, -0.15) is 24.5 Å². The second-order valence-electron chi connectivity index (χ2n) is 10.0. The maximum Gasteiger partial charge on any atom is 0.0826 e. The van der Waals surface area contributed by atoms with Crippen LogP contribution in [-0.4, -0.2) is 9.97 Å². The third-order valence-corrected chi connectivity index (χ3v) is 7.79. The maximum atomic E-state index is 8.56. The first kappa shape index (κ1) is 17.8. The third-order valence-electron chi connectivity index (χ3n) is 6.65. The predicted molar refractivity (Wildman–Crippen MR) is 169 cm³/mol. The van der Waals surface area contributed by atoms with Crippen LogP contribution in [0, 0.1) is 19.8 Å². The van der Waals surface area contributed by atoms with Gasteiger partial charge in [0.05, 0.1) is 11.0 Å². The van der Waals surface area contributed by atoms with Gasteiger partial charge < -0.3 is 9.97 Å². The van der Waals surface area contributed by atoms with E-state index in [1.54, 1.807) is 26.3 Å². The number of hydrogen-bond acceptors (Lipinski definition) is 3. The number of rotatable bonds is 4. The molecule has 40 heavy (non-hydrogen) atoms. The van der Waals surface area contributed by atoms with E-state index < -0.39 is 31.0 Å². The largest absolute Gasteiger partial charge is 0.321 e. The second-order valence-corrected chi connectivity index (χ2v) is 11.0. The molecule has 6 rings (SSSR count). The average Bonchev–Trinajstić information content (AvgIpc) is 3.45. The summed E-state index contributed by atoms with van der Waals surface area (Å²) in [6.45, 7) is 7.61. The Hall–Kier alpha value is -2.91. The number of benzene rings is 1. The number of hydrogen-bond donors (Lipinski definition) is 0. The number of aryl methyl sites for hydroxylation is 1. The summed E-state index contributed by atoms with van der Waals surface area (Å²) in [5, 5.41) is 0.881. The van der Waals surface area contributed by atoms with Gasteiger partial charge in [-0.05, 0) is 65.6 Å². The number of pyridine rings is 2. The molecule has 0 N–H and O–H groups in total. The summed E-state index contributed by atoms with van der Waals surface area (Å²) < 4.78 is 97.1. The minimum absolute atomic E-state index is 0. The minimum Gasteiger partial charge on any atom is -0.321 e. The summed E-state index contributed by atoms with van der Waals surface area (Å²) >= 11 is 1.13. The quantitative estimate of drug-likeness (QED) is 0.197. The van der Waals surface area contributed by atoms with E-state index in [2.05, 4.69) is 36.8 Å². The molecule has 0 amide bonds. The molecule has 0 fully saturated rings. The van der Waals surface area contributed by atoms with Crippen LogP contribution >= 0.6 is 11.3 Å². The van der Waals surface area contributed by atoms with Crippen LogP contribution < -0.4 is 9.75 Å². The molecule has 3 aromatic heterocycles. The van der Waals surface area contributed by atoms with Gasteiger partial charge in [0.2, 0.25) is 0 Å². The van der Waals surface area contributed by atoms with Gasteiger partial charge in [0.1, 0.15) is 0 Å². The van der Waals surface area contributed by atoms with Gasteiger partial charge >= 0.3 is 0 Å². The Morgan fingerprint density at radius 3 is 2.55 bits per heavy atom. The zero-order valence-electron chi connectivity index (χ0n) is 35.1. The summed E-state index contributed by atoms with van der Waals surface area (Å²) in [6, 6.07) is 0.536. The predicted octanol–water partition coefficient (Wildman–Crippen LogP) is 8.46. The van der Waals surface area contributed by atoms with E-state index in [9.17, 15) is 0 Å². The Morgan fingerprint density at radius 1 is 1.00 bits per heavy atom. The Bertz CT molecular complexity index is 2260. The molecular formula is C36H38IrN2S-2. The van der Waals surface area contributed by atoms with Gasteiger partial charge in [-0.3, -0.25) is 0 Å². The van der Waals surface area contributed by atoms with E-state index in [1.165, 1.54) is 11.1 Å². The molecule has 0 aliphatic heterocycles. The van der Waals surface area contributed by atoms with E-state index in [0.29, 0.717) is 43.3 Å². The molecule has 0 saturated heterocycles. The molecule has 3 heterocycles. The summed E-state index contributed by atoms with van der Waals surface area (Å²) in [5.74, 6) is -0.785. The number of nitrogens with zero attached hydrogens (tertiary/aromatic N) is 2. The third kappa shape index (κ3) is 6.36. The fourth-order valence-electron chi connectivity index (χ4n) is 4.68. The van der Waals surface area contributed by atoms with Crippen molar-refractivity contribution in [1.82, 2.24) is 9.97 Å². The second kappa shape index (κ2) is 13.2. The van der Waals surface area contributed by atoms with Crippen LogP contribution in [0.3, 0.4) is 0 Å². The number of thiophene rings is 1. The van der Waals surface area contributed by atoms with Gasteiger partial charge in [-0.25, -0.2) is 11.3 Å². The monoisotopic (exact) mass is 735 g/mol. The smallest absolute Gasteiger partial charge is 0.0826 e. The summed E-state index contributed by atoms with van der Waals surface area (Å²) in [7, 11) is 0. The van der Waals surface area contributed by atoms with Crippen molar-refractivity contribution in [2.24, 2.45) is 0 Å². The number of fused-ring (bicyclic) bond motifs is 3. The molecule has 2 nitrogen and oxygen atoms in total. The van der Waals surface area contributed by atoms with Crippen molar-refractivity contribution >= 4 is 38.6 Å². The molecule has 2 aliphatic rings. The van der Waals surface area contributed by atoms with Crippen molar-refractivity contribution in [3.8, 4) is 0 Å². The van der Waals surface area contributed by atoms with Crippen LogP contribution in [0.4, 0.5) is 0 Å². The van der Waals surface area contributed by atoms with Crippen LogP contribution in [0.1, 0.15) is 104 Å². The first-order valence-electron chi connectivity index (χ1n) is 18.9. The Kier molecular flexibility index (Phi) is 5.86. The normalized spacial score (nSPS) is 19.2. The van der Waals surface area contributed by atoms with Gasteiger partial charge in [-0.15, -0.1) is 11.6 Å². The first-order chi connectivity index (χ1) is 23.6. The van der Waals surface area contributed by atoms with E-state index in [0.717, 1.165) is 22.6 Å². The minimum atomic E-state index is -2.00. The molecule has 0 bridgehead atoms. The zero-order chi connectivity index (χ0) is 37.9. The van der Waals surface area contributed by atoms with Crippen LogP contribution in [0.15, 0.2) is 72.4 Å². The summed E-state index contributed by atoms with van der Waals surface area (Å²) in [6.07, 6.45) is 9.33. The van der Waals surface area contributed by atoms with Crippen molar-refractivity contribution in [1.29, 1.82) is 0 Å². The Balaban J connectivity index is 0.000000250.